The van der Waals surface area contributed by atoms with Crippen molar-refractivity contribution in [1.29, 1.82) is 0 Å². The van der Waals surface area contributed by atoms with Crippen LogP contribution >= 0.6 is 0 Å². The molecule has 0 radical (unpaired) electrons. The van der Waals surface area contributed by atoms with Crippen molar-refractivity contribution in [2.24, 2.45) is 5.92 Å². The van der Waals surface area contributed by atoms with Crippen LogP contribution in [0.2, 0.25) is 0 Å². The summed E-state index contributed by atoms with van der Waals surface area (Å²) < 4.78 is 0. The fourth-order valence-electron chi connectivity index (χ4n) is 2.39. The molecular formula is C10H15N3O2. The normalized spacial score (nSPS) is 19.3. The molecule has 2 rings (SSSR count). The maximum atomic E-state index is 10.9. The minimum atomic E-state index is -0.997. The van der Waals surface area contributed by atoms with Crippen LogP contribution in [0.1, 0.15) is 54.7 Å². The Morgan fingerprint density at radius 2 is 2.13 bits per heavy atom. The maximum absolute atomic E-state index is 10.9. The van der Waals surface area contributed by atoms with Crippen molar-refractivity contribution in [2.45, 2.75) is 38.5 Å². The van der Waals surface area contributed by atoms with Gasteiger partial charge in [-0.25, -0.2) is 4.79 Å². The van der Waals surface area contributed by atoms with Crippen molar-refractivity contribution >= 4 is 5.97 Å². The van der Waals surface area contributed by atoms with E-state index in [-0.39, 0.29) is 11.6 Å². The van der Waals surface area contributed by atoms with E-state index in [1.807, 2.05) is 6.92 Å². The summed E-state index contributed by atoms with van der Waals surface area (Å²) in [6.07, 6.45) is 4.84. The van der Waals surface area contributed by atoms with E-state index >= 15 is 0 Å². The van der Waals surface area contributed by atoms with Crippen molar-refractivity contribution in [1.82, 2.24) is 15.4 Å². The number of rotatable bonds is 3. The second kappa shape index (κ2) is 4.00. The van der Waals surface area contributed by atoms with Gasteiger partial charge in [-0.15, -0.1) is 5.10 Å². The van der Waals surface area contributed by atoms with Crippen LogP contribution in [0, 0.1) is 5.92 Å². The van der Waals surface area contributed by atoms with Gasteiger partial charge in [0, 0.05) is 5.92 Å². The SMILES string of the molecule is CC(c1n[nH]nc1C(=O)O)C1CCCC1. The summed E-state index contributed by atoms with van der Waals surface area (Å²) in [4.78, 5) is 10.9. The van der Waals surface area contributed by atoms with Gasteiger partial charge >= 0.3 is 5.97 Å². The summed E-state index contributed by atoms with van der Waals surface area (Å²) in [5.41, 5.74) is 0.684. The molecule has 1 atom stereocenters. The second-order valence-corrected chi connectivity index (χ2v) is 4.20. The molecule has 0 aliphatic heterocycles. The van der Waals surface area contributed by atoms with Crippen LogP contribution in [0.4, 0.5) is 0 Å². The summed E-state index contributed by atoms with van der Waals surface area (Å²) in [7, 11) is 0. The monoisotopic (exact) mass is 209 g/mol. The summed E-state index contributed by atoms with van der Waals surface area (Å²) >= 11 is 0. The number of carbonyl (C=O) groups is 1. The molecule has 82 valence electrons. The van der Waals surface area contributed by atoms with Crippen LogP contribution in [0.15, 0.2) is 0 Å². The number of hydrogen-bond donors (Lipinski definition) is 2. The smallest absolute Gasteiger partial charge is 0.358 e. The minimum absolute atomic E-state index is 0.0781. The van der Waals surface area contributed by atoms with E-state index in [2.05, 4.69) is 15.4 Å². The van der Waals surface area contributed by atoms with E-state index in [4.69, 9.17) is 5.11 Å². The predicted molar refractivity (Wildman–Crippen MR) is 53.7 cm³/mol. The number of carboxylic acid groups (broad SMARTS) is 1. The largest absolute Gasteiger partial charge is 0.476 e. The van der Waals surface area contributed by atoms with Crippen molar-refractivity contribution < 1.29 is 9.90 Å². The van der Waals surface area contributed by atoms with Crippen molar-refractivity contribution in [3.8, 4) is 0 Å². The predicted octanol–water partition coefficient (Wildman–Crippen LogP) is 1.80. The molecule has 15 heavy (non-hydrogen) atoms. The Balaban J connectivity index is 2.20. The molecule has 1 aromatic rings. The minimum Gasteiger partial charge on any atom is -0.476 e. The number of aromatic carboxylic acids is 1. The standard InChI is InChI=1S/C10H15N3O2/c1-6(7-4-2-3-5-7)8-9(10(14)15)12-13-11-8/h6-7H,2-5H2,1H3,(H,14,15)(H,11,12,13). The Morgan fingerprint density at radius 1 is 1.47 bits per heavy atom. The third-order valence-electron chi connectivity index (χ3n) is 3.32. The molecule has 2 N–H and O–H groups in total. The van der Waals surface area contributed by atoms with Gasteiger partial charge < -0.3 is 5.11 Å². The zero-order valence-corrected chi connectivity index (χ0v) is 8.73. The molecule has 0 bridgehead atoms. The molecular weight excluding hydrogens is 194 g/mol. The highest BCUT2D eigenvalue weighted by Crippen LogP contribution is 2.36. The van der Waals surface area contributed by atoms with E-state index in [9.17, 15) is 4.79 Å². The number of aromatic nitrogens is 3. The first-order valence-electron chi connectivity index (χ1n) is 5.34. The molecule has 0 aromatic carbocycles. The van der Waals surface area contributed by atoms with Crippen LogP contribution in [-0.4, -0.2) is 26.5 Å². The third-order valence-corrected chi connectivity index (χ3v) is 3.32. The Labute approximate surface area is 87.9 Å². The molecule has 1 fully saturated rings. The number of carboxylic acids is 1. The highest BCUT2D eigenvalue weighted by Gasteiger charge is 2.28. The highest BCUT2D eigenvalue weighted by molar-refractivity contribution is 5.86. The molecule has 5 nitrogen and oxygen atoms in total. The average Bonchev–Trinajstić information content (AvgIpc) is 2.88. The lowest BCUT2D eigenvalue weighted by atomic mass is 9.89. The molecule has 1 unspecified atom stereocenters. The Kier molecular flexibility index (Phi) is 2.70. The van der Waals surface area contributed by atoms with Crippen LogP contribution < -0.4 is 0 Å². The lowest BCUT2D eigenvalue weighted by Gasteiger charge is -2.16. The van der Waals surface area contributed by atoms with Crippen LogP contribution in [-0.2, 0) is 0 Å². The van der Waals surface area contributed by atoms with E-state index in [0.717, 1.165) is 0 Å². The van der Waals surface area contributed by atoms with Gasteiger partial charge in [0.15, 0.2) is 5.69 Å². The first kappa shape index (κ1) is 10.1. The zero-order valence-electron chi connectivity index (χ0n) is 8.73. The van der Waals surface area contributed by atoms with E-state index < -0.39 is 5.97 Å². The van der Waals surface area contributed by atoms with Crippen LogP contribution in [0.25, 0.3) is 0 Å². The van der Waals surface area contributed by atoms with Gasteiger partial charge in [0.1, 0.15) is 5.69 Å². The second-order valence-electron chi connectivity index (χ2n) is 4.20. The maximum Gasteiger partial charge on any atom is 0.358 e. The third kappa shape index (κ3) is 1.86. The summed E-state index contributed by atoms with van der Waals surface area (Å²) in [5, 5.41) is 19.0. The first-order chi connectivity index (χ1) is 7.20. The topological polar surface area (TPSA) is 78.9 Å². The van der Waals surface area contributed by atoms with E-state index in [0.29, 0.717) is 11.6 Å². The Hall–Kier alpha value is -1.39. The molecule has 1 aliphatic carbocycles. The van der Waals surface area contributed by atoms with Gasteiger partial charge in [-0.3, -0.25) is 0 Å². The average molecular weight is 209 g/mol. The number of H-pyrrole nitrogens is 1. The fourth-order valence-corrected chi connectivity index (χ4v) is 2.39. The molecule has 1 aliphatic rings. The Bertz CT molecular complexity index is 355. The highest BCUT2D eigenvalue weighted by atomic mass is 16.4. The molecule has 0 spiro atoms. The molecule has 5 heteroatoms. The molecule has 0 amide bonds. The molecule has 0 saturated heterocycles. The number of aromatic amines is 1. The lowest BCUT2D eigenvalue weighted by Crippen LogP contribution is -2.11. The first-order valence-corrected chi connectivity index (χ1v) is 5.34. The quantitative estimate of drug-likeness (QED) is 0.795. The summed E-state index contributed by atoms with van der Waals surface area (Å²) in [5.74, 6) is -0.242. The fraction of sp³-hybridized carbons (Fsp3) is 0.700. The lowest BCUT2D eigenvalue weighted by molar-refractivity contribution is 0.0688. The summed E-state index contributed by atoms with van der Waals surface area (Å²) in [6, 6.07) is 0. The van der Waals surface area contributed by atoms with Gasteiger partial charge in [-0.05, 0) is 18.8 Å². The van der Waals surface area contributed by atoms with E-state index in [1.165, 1.54) is 25.7 Å². The van der Waals surface area contributed by atoms with Gasteiger partial charge in [0.05, 0.1) is 0 Å². The molecule has 1 aromatic heterocycles. The Morgan fingerprint density at radius 3 is 2.73 bits per heavy atom. The number of nitrogens with one attached hydrogen (secondary N) is 1. The zero-order chi connectivity index (χ0) is 10.8. The summed E-state index contributed by atoms with van der Waals surface area (Å²) in [6.45, 7) is 2.04. The van der Waals surface area contributed by atoms with Crippen LogP contribution in [0.5, 0.6) is 0 Å². The number of hydrogen-bond acceptors (Lipinski definition) is 3. The molecule has 1 heterocycles. The molecule has 1 saturated carbocycles. The number of nitrogens with zero attached hydrogens (tertiary/aromatic N) is 2. The van der Waals surface area contributed by atoms with Gasteiger partial charge in [-0.1, -0.05) is 19.8 Å². The van der Waals surface area contributed by atoms with Crippen molar-refractivity contribution in [2.75, 3.05) is 0 Å². The van der Waals surface area contributed by atoms with E-state index in [1.54, 1.807) is 0 Å². The van der Waals surface area contributed by atoms with Gasteiger partial charge in [-0.2, -0.15) is 10.3 Å². The van der Waals surface area contributed by atoms with Gasteiger partial charge in [0.2, 0.25) is 0 Å². The van der Waals surface area contributed by atoms with Crippen molar-refractivity contribution in [3.63, 3.8) is 0 Å². The van der Waals surface area contributed by atoms with Crippen LogP contribution in [0.3, 0.4) is 0 Å². The van der Waals surface area contributed by atoms with Crippen molar-refractivity contribution in [3.05, 3.63) is 11.4 Å². The van der Waals surface area contributed by atoms with Gasteiger partial charge in [0.25, 0.3) is 0 Å².